The maximum Gasteiger partial charge on any atom is 0.243 e. The molecule has 5 nitrogen and oxygen atoms in total. The van der Waals surface area contributed by atoms with Gasteiger partial charge in [0, 0.05) is 26.1 Å². The lowest BCUT2D eigenvalue weighted by Gasteiger charge is -2.22. The number of hydrogen-bond donors (Lipinski definition) is 1. The van der Waals surface area contributed by atoms with Gasteiger partial charge in [0.2, 0.25) is 10.0 Å². The van der Waals surface area contributed by atoms with E-state index in [1.807, 2.05) is 12.2 Å². The highest BCUT2D eigenvalue weighted by atomic mass is 32.2. The number of benzene rings is 1. The number of nitrogens with zero attached hydrogens (tertiary/aromatic N) is 1. The third kappa shape index (κ3) is 3.59. The summed E-state index contributed by atoms with van der Waals surface area (Å²) in [6.07, 6.45) is 5.17. The van der Waals surface area contributed by atoms with Gasteiger partial charge in [-0.15, -0.1) is 0 Å². The molecule has 0 unspecified atom stereocenters. The summed E-state index contributed by atoms with van der Waals surface area (Å²) in [7, 11) is -3.42. The smallest absolute Gasteiger partial charge is 0.243 e. The van der Waals surface area contributed by atoms with Crippen LogP contribution in [-0.2, 0) is 10.0 Å². The third-order valence-electron chi connectivity index (χ3n) is 3.05. The van der Waals surface area contributed by atoms with Gasteiger partial charge in [0.15, 0.2) is 0 Å². The second-order valence-corrected chi connectivity index (χ2v) is 6.46. The van der Waals surface area contributed by atoms with E-state index in [0.29, 0.717) is 31.9 Å². The average Bonchev–Trinajstić information content (AvgIpc) is 2.49. The number of aliphatic hydroxyl groups is 1. The van der Waals surface area contributed by atoms with Crippen LogP contribution in [0.3, 0.4) is 0 Å². The molecule has 0 aromatic heterocycles. The van der Waals surface area contributed by atoms with E-state index in [1.54, 1.807) is 24.3 Å². The largest absolute Gasteiger partial charge is 0.494 e. The monoisotopic (exact) mass is 297 g/mol. The Labute approximate surface area is 119 Å². The van der Waals surface area contributed by atoms with Gasteiger partial charge < -0.3 is 9.84 Å². The molecule has 1 N–H and O–H groups in total. The van der Waals surface area contributed by atoms with E-state index in [0.717, 1.165) is 6.42 Å². The summed E-state index contributed by atoms with van der Waals surface area (Å²) in [5, 5.41) is 8.67. The highest BCUT2D eigenvalue weighted by Crippen LogP contribution is 2.21. The summed E-state index contributed by atoms with van der Waals surface area (Å²) in [6, 6.07) is 6.40. The van der Waals surface area contributed by atoms with E-state index in [2.05, 4.69) is 0 Å². The van der Waals surface area contributed by atoms with E-state index in [4.69, 9.17) is 9.84 Å². The van der Waals surface area contributed by atoms with Gasteiger partial charge in [-0.2, -0.15) is 4.31 Å². The van der Waals surface area contributed by atoms with Crippen LogP contribution in [0.15, 0.2) is 41.3 Å². The van der Waals surface area contributed by atoms with Crippen molar-refractivity contribution in [2.24, 2.45) is 0 Å². The lowest BCUT2D eigenvalue weighted by Crippen LogP contribution is -2.33. The maximum absolute atomic E-state index is 12.4. The van der Waals surface area contributed by atoms with Crippen LogP contribution < -0.4 is 4.74 Å². The fraction of sp³-hybridized carbons (Fsp3) is 0.429. The first kappa shape index (κ1) is 15.0. The molecule has 0 atom stereocenters. The predicted molar refractivity (Wildman–Crippen MR) is 76.2 cm³/mol. The molecular formula is C14H19NO4S. The van der Waals surface area contributed by atoms with Gasteiger partial charge >= 0.3 is 0 Å². The molecule has 0 aliphatic carbocycles. The van der Waals surface area contributed by atoms with Crippen LogP contribution in [0.2, 0.25) is 0 Å². The second kappa shape index (κ2) is 6.88. The Hall–Kier alpha value is -1.37. The Kier molecular flexibility index (Phi) is 5.17. The van der Waals surface area contributed by atoms with Crippen molar-refractivity contribution in [1.82, 2.24) is 4.31 Å². The third-order valence-corrected chi connectivity index (χ3v) is 4.93. The van der Waals surface area contributed by atoms with Crippen LogP contribution in [0.5, 0.6) is 5.75 Å². The predicted octanol–water partition coefficient (Wildman–Crippen LogP) is 1.40. The molecule has 20 heavy (non-hydrogen) atoms. The molecule has 1 aromatic carbocycles. The van der Waals surface area contributed by atoms with Gasteiger partial charge in [-0.05, 0) is 30.7 Å². The van der Waals surface area contributed by atoms with Crippen LogP contribution in [0.25, 0.3) is 0 Å². The van der Waals surface area contributed by atoms with Crippen molar-refractivity contribution in [3.05, 3.63) is 36.4 Å². The Morgan fingerprint density at radius 1 is 1.20 bits per heavy atom. The minimum absolute atomic E-state index is 0.0783. The zero-order chi connectivity index (χ0) is 14.4. The minimum Gasteiger partial charge on any atom is -0.494 e. The number of rotatable bonds is 6. The van der Waals surface area contributed by atoms with Gasteiger partial charge in [0.05, 0.1) is 11.5 Å². The zero-order valence-electron chi connectivity index (χ0n) is 11.2. The number of aliphatic hydroxyl groups excluding tert-OH is 1. The molecule has 1 heterocycles. The fourth-order valence-corrected chi connectivity index (χ4v) is 3.36. The molecule has 1 aliphatic heterocycles. The first-order chi connectivity index (χ1) is 9.64. The topological polar surface area (TPSA) is 66.8 Å². The molecule has 1 aromatic rings. The van der Waals surface area contributed by atoms with Crippen LogP contribution in [0.1, 0.15) is 12.8 Å². The van der Waals surface area contributed by atoms with E-state index < -0.39 is 10.0 Å². The normalized spacial score (nSPS) is 16.2. The summed E-state index contributed by atoms with van der Waals surface area (Å²) in [6.45, 7) is 1.44. The zero-order valence-corrected chi connectivity index (χ0v) is 12.1. The first-order valence-corrected chi connectivity index (χ1v) is 8.07. The molecular weight excluding hydrogens is 278 g/mol. The molecule has 0 saturated heterocycles. The Morgan fingerprint density at radius 2 is 1.95 bits per heavy atom. The first-order valence-electron chi connectivity index (χ1n) is 6.63. The lowest BCUT2D eigenvalue weighted by molar-refractivity contribution is 0.233. The van der Waals surface area contributed by atoms with Crippen LogP contribution >= 0.6 is 0 Å². The van der Waals surface area contributed by atoms with Crippen molar-refractivity contribution < 1.29 is 18.3 Å². The highest BCUT2D eigenvalue weighted by Gasteiger charge is 2.24. The minimum atomic E-state index is -3.42. The molecule has 2 rings (SSSR count). The van der Waals surface area contributed by atoms with Crippen molar-refractivity contribution in [1.29, 1.82) is 0 Å². The fourth-order valence-electron chi connectivity index (χ4n) is 1.95. The molecule has 6 heteroatoms. The van der Waals surface area contributed by atoms with Crippen molar-refractivity contribution in [3.63, 3.8) is 0 Å². The van der Waals surface area contributed by atoms with Crippen LogP contribution in [-0.4, -0.2) is 44.1 Å². The molecule has 0 bridgehead atoms. The molecule has 0 amide bonds. The summed E-state index contributed by atoms with van der Waals surface area (Å²) in [5.74, 6) is 0.607. The maximum atomic E-state index is 12.4. The van der Waals surface area contributed by atoms with E-state index in [-0.39, 0.29) is 11.5 Å². The van der Waals surface area contributed by atoms with Crippen molar-refractivity contribution >= 4 is 10.0 Å². The molecule has 110 valence electrons. The van der Waals surface area contributed by atoms with Crippen LogP contribution in [0.4, 0.5) is 0 Å². The molecule has 0 spiro atoms. The summed E-state index contributed by atoms with van der Waals surface area (Å²) in [5.41, 5.74) is 0. The second-order valence-electron chi connectivity index (χ2n) is 4.52. The van der Waals surface area contributed by atoms with E-state index in [9.17, 15) is 8.42 Å². The summed E-state index contributed by atoms with van der Waals surface area (Å²) < 4.78 is 31.6. The number of ether oxygens (including phenoxy) is 1. The highest BCUT2D eigenvalue weighted by molar-refractivity contribution is 7.89. The summed E-state index contributed by atoms with van der Waals surface area (Å²) >= 11 is 0. The Morgan fingerprint density at radius 3 is 2.55 bits per heavy atom. The lowest BCUT2D eigenvalue weighted by atomic mass is 10.3. The summed E-state index contributed by atoms with van der Waals surface area (Å²) in [4.78, 5) is 0.280. The molecule has 0 saturated carbocycles. The Balaban J connectivity index is 2.06. The van der Waals surface area contributed by atoms with Crippen molar-refractivity contribution in [3.8, 4) is 5.75 Å². The quantitative estimate of drug-likeness (QED) is 0.636. The van der Waals surface area contributed by atoms with Gasteiger partial charge in [-0.1, -0.05) is 12.2 Å². The van der Waals surface area contributed by atoms with Crippen molar-refractivity contribution in [2.75, 3.05) is 26.3 Å². The average molecular weight is 297 g/mol. The molecule has 0 fully saturated rings. The van der Waals surface area contributed by atoms with Crippen molar-refractivity contribution in [2.45, 2.75) is 17.7 Å². The van der Waals surface area contributed by atoms with Gasteiger partial charge in [0.25, 0.3) is 0 Å². The van der Waals surface area contributed by atoms with E-state index in [1.165, 1.54) is 4.31 Å². The van der Waals surface area contributed by atoms with Gasteiger partial charge in [-0.25, -0.2) is 8.42 Å². The SMILES string of the molecule is O=S(=O)(c1ccc(OCCCO)cc1)N1CC=CCC1. The standard InChI is InChI=1S/C14H19NO4S/c16-11-4-12-19-13-5-7-14(8-6-13)20(17,18)15-9-2-1-3-10-15/h1-2,5-8,16H,3-4,9-12H2. The van der Waals surface area contributed by atoms with E-state index >= 15 is 0 Å². The number of sulfonamides is 1. The van der Waals surface area contributed by atoms with Crippen LogP contribution in [0, 0.1) is 0 Å². The molecule has 1 aliphatic rings. The number of hydrogen-bond acceptors (Lipinski definition) is 4. The van der Waals surface area contributed by atoms with Gasteiger partial charge in [-0.3, -0.25) is 0 Å². The molecule has 0 radical (unpaired) electrons. The Bertz CT molecular complexity index is 551. The van der Waals surface area contributed by atoms with Gasteiger partial charge in [0.1, 0.15) is 5.75 Å².